The average Bonchev–Trinajstić information content (AvgIpc) is 2.46. The molecule has 0 saturated heterocycles. The first-order valence-electron chi connectivity index (χ1n) is 7.57. The average molecular weight is 295 g/mol. The summed E-state index contributed by atoms with van der Waals surface area (Å²) in [6.07, 6.45) is 0. The topological polar surface area (TPSA) is 49.3 Å². The van der Waals surface area contributed by atoms with E-state index in [0.29, 0.717) is 5.56 Å². The molecule has 114 valence electrons. The lowest BCUT2D eigenvalue weighted by atomic mass is 9.73. The van der Waals surface area contributed by atoms with Gasteiger partial charge in [-0.25, -0.2) is 0 Å². The number of hydrogen-bond donors (Lipinski definition) is 2. The van der Waals surface area contributed by atoms with E-state index in [-0.39, 0.29) is 23.0 Å². The number of hydrogen-bond acceptors (Lipinski definition) is 3. The fourth-order valence-corrected chi connectivity index (χ4v) is 3.41. The molecule has 0 fully saturated rings. The van der Waals surface area contributed by atoms with Crippen LogP contribution in [0, 0.1) is 0 Å². The van der Waals surface area contributed by atoms with Crippen LogP contribution in [0.2, 0.25) is 0 Å². The van der Waals surface area contributed by atoms with Crippen molar-refractivity contribution in [3.8, 4) is 5.75 Å². The van der Waals surface area contributed by atoms with E-state index in [1.165, 1.54) is 18.1 Å². The highest BCUT2D eigenvalue weighted by molar-refractivity contribution is 5.96. The number of phenolic OH excluding ortho intramolecular Hbond substituents is 1. The van der Waals surface area contributed by atoms with E-state index >= 15 is 0 Å². The Bertz CT molecular complexity index is 734. The van der Waals surface area contributed by atoms with Crippen molar-refractivity contribution in [1.29, 1.82) is 0 Å². The molecule has 1 aliphatic rings. The smallest absolute Gasteiger partial charge is 0.163 e. The fraction of sp³-hybridized carbons (Fsp3) is 0.316. The second kappa shape index (κ2) is 5.25. The zero-order chi connectivity index (χ0) is 15.9. The first kappa shape index (κ1) is 14.8. The van der Waals surface area contributed by atoms with Crippen molar-refractivity contribution in [3.63, 3.8) is 0 Å². The van der Waals surface area contributed by atoms with Gasteiger partial charge in [0.25, 0.3) is 0 Å². The molecule has 1 unspecified atom stereocenters. The van der Waals surface area contributed by atoms with E-state index in [9.17, 15) is 9.90 Å². The maximum absolute atomic E-state index is 11.5. The van der Waals surface area contributed by atoms with Gasteiger partial charge in [-0.15, -0.1) is 0 Å². The quantitative estimate of drug-likeness (QED) is 0.832. The predicted octanol–water partition coefficient (Wildman–Crippen LogP) is 3.61. The summed E-state index contributed by atoms with van der Waals surface area (Å²) in [7, 11) is 0. The van der Waals surface area contributed by atoms with Crippen molar-refractivity contribution in [2.45, 2.75) is 38.8 Å². The van der Waals surface area contributed by atoms with Gasteiger partial charge in [0.15, 0.2) is 5.78 Å². The summed E-state index contributed by atoms with van der Waals surface area (Å²) in [5.74, 6) is 0.0682. The molecule has 2 N–H and O–H groups in total. The van der Waals surface area contributed by atoms with Gasteiger partial charge in [0.1, 0.15) is 5.75 Å². The summed E-state index contributed by atoms with van der Waals surface area (Å²) in [5.41, 5.74) is 3.83. The molecule has 1 aliphatic heterocycles. The second-order valence-electron chi connectivity index (χ2n) is 6.54. The van der Waals surface area contributed by atoms with Crippen molar-refractivity contribution in [2.24, 2.45) is 0 Å². The second-order valence-corrected chi connectivity index (χ2v) is 6.54. The molecule has 0 aromatic heterocycles. The molecule has 0 aliphatic carbocycles. The van der Waals surface area contributed by atoms with Gasteiger partial charge in [0.05, 0.1) is 5.56 Å². The largest absolute Gasteiger partial charge is 0.507 e. The van der Waals surface area contributed by atoms with Crippen LogP contribution in [-0.2, 0) is 6.54 Å². The number of carbonyl (C=O) groups excluding carboxylic acids is 1. The van der Waals surface area contributed by atoms with Crippen molar-refractivity contribution in [1.82, 2.24) is 5.32 Å². The highest BCUT2D eigenvalue weighted by Gasteiger charge is 2.36. The van der Waals surface area contributed by atoms with Gasteiger partial charge in [-0.3, -0.25) is 4.79 Å². The third-order valence-corrected chi connectivity index (χ3v) is 4.56. The van der Waals surface area contributed by atoms with E-state index in [1.807, 2.05) is 12.1 Å². The van der Waals surface area contributed by atoms with E-state index < -0.39 is 0 Å². The molecule has 3 heteroatoms. The van der Waals surface area contributed by atoms with Crippen LogP contribution in [0.4, 0.5) is 0 Å². The van der Waals surface area contributed by atoms with Crippen LogP contribution in [0.15, 0.2) is 42.5 Å². The van der Waals surface area contributed by atoms with Crippen molar-refractivity contribution < 1.29 is 9.90 Å². The zero-order valence-electron chi connectivity index (χ0n) is 13.2. The number of phenols is 1. The third kappa shape index (κ3) is 2.42. The van der Waals surface area contributed by atoms with Gasteiger partial charge in [0, 0.05) is 18.0 Å². The molecule has 0 radical (unpaired) electrons. The van der Waals surface area contributed by atoms with Gasteiger partial charge in [-0.2, -0.15) is 0 Å². The lowest BCUT2D eigenvalue weighted by molar-refractivity contribution is 0.101. The Labute approximate surface area is 131 Å². The molecule has 1 atom stereocenters. The summed E-state index contributed by atoms with van der Waals surface area (Å²) in [6.45, 7) is 6.65. The summed E-state index contributed by atoms with van der Waals surface area (Å²) < 4.78 is 0. The van der Waals surface area contributed by atoms with Crippen molar-refractivity contribution in [2.75, 3.05) is 0 Å². The summed E-state index contributed by atoms with van der Waals surface area (Å²) in [6, 6.07) is 13.8. The molecule has 0 amide bonds. The number of ketones is 1. The summed E-state index contributed by atoms with van der Waals surface area (Å²) in [5, 5.41) is 13.7. The summed E-state index contributed by atoms with van der Waals surface area (Å²) >= 11 is 0. The molecule has 2 aromatic rings. The van der Waals surface area contributed by atoms with Crippen LogP contribution >= 0.6 is 0 Å². The number of aromatic hydroxyl groups is 1. The maximum Gasteiger partial charge on any atom is 0.163 e. The lowest BCUT2D eigenvalue weighted by Crippen LogP contribution is -2.48. The standard InChI is InChI=1S/C19H21NO2/c1-12(21)15-9-8-13(10-17(15)22)18-16-7-5-4-6-14(16)11-20-19(18,2)3/h4-10,18,20,22H,11H2,1-3H3. The molecule has 3 rings (SSSR count). The van der Waals surface area contributed by atoms with Gasteiger partial charge in [0.2, 0.25) is 0 Å². The minimum atomic E-state index is -0.126. The lowest BCUT2D eigenvalue weighted by Gasteiger charge is -2.41. The number of nitrogens with one attached hydrogen (secondary N) is 1. The Morgan fingerprint density at radius 2 is 1.95 bits per heavy atom. The van der Waals surface area contributed by atoms with Crippen molar-refractivity contribution in [3.05, 3.63) is 64.7 Å². The van der Waals surface area contributed by atoms with Gasteiger partial charge in [-0.05, 0) is 49.6 Å². The van der Waals surface area contributed by atoms with Crippen LogP contribution in [0.3, 0.4) is 0 Å². The minimum Gasteiger partial charge on any atom is -0.507 e. The van der Waals surface area contributed by atoms with Crippen LogP contribution in [0.25, 0.3) is 0 Å². The molecule has 0 spiro atoms. The summed E-state index contributed by atoms with van der Waals surface area (Å²) in [4.78, 5) is 11.5. The number of carbonyl (C=O) groups is 1. The van der Waals surface area contributed by atoms with Crippen molar-refractivity contribution >= 4 is 5.78 Å². The SMILES string of the molecule is CC(=O)c1ccc(C2c3ccccc3CNC2(C)C)cc1O. The molecule has 1 heterocycles. The maximum atomic E-state index is 11.5. The van der Waals surface area contributed by atoms with Crippen LogP contribution < -0.4 is 5.32 Å². The van der Waals surface area contributed by atoms with E-state index in [4.69, 9.17) is 0 Å². The molecular formula is C19H21NO2. The molecule has 0 bridgehead atoms. The first-order valence-corrected chi connectivity index (χ1v) is 7.57. The van der Waals surface area contributed by atoms with Gasteiger partial charge < -0.3 is 10.4 Å². The number of benzene rings is 2. The highest BCUT2D eigenvalue weighted by Crippen LogP contribution is 2.41. The Morgan fingerprint density at radius 3 is 2.64 bits per heavy atom. The van der Waals surface area contributed by atoms with Gasteiger partial charge >= 0.3 is 0 Å². The Hall–Kier alpha value is -2.13. The van der Waals surface area contributed by atoms with Crippen LogP contribution in [0.5, 0.6) is 5.75 Å². The van der Waals surface area contributed by atoms with E-state index in [2.05, 4.69) is 37.4 Å². The Balaban J connectivity index is 2.13. The Kier molecular flexibility index (Phi) is 3.53. The number of fused-ring (bicyclic) bond motifs is 1. The minimum absolute atomic E-state index is 0.0591. The number of Topliss-reactive ketones (excluding diaryl/α,β-unsaturated/α-hetero) is 1. The molecule has 22 heavy (non-hydrogen) atoms. The molecule has 2 aromatic carbocycles. The highest BCUT2D eigenvalue weighted by atomic mass is 16.3. The Morgan fingerprint density at radius 1 is 1.23 bits per heavy atom. The third-order valence-electron chi connectivity index (χ3n) is 4.56. The van der Waals surface area contributed by atoms with E-state index in [0.717, 1.165) is 12.1 Å². The van der Waals surface area contributed by atoms with Crippen LogP contribution in [-0.4, -0.2) is 16.4 Å². The zero-order valence-corrected chi connectivity index (χ0v) is 13.2. The monoisotopic (exact) mass is 295 g/mol. The van der Waals surface area contributed by atoms with Crippen LogP contribution in [0.1, 0.15) is 53.7 Å². The van der Waals surface area contributed by atoms with Gasteiger partial charge in [-0.1, -0.05) is 30.3 Å². The number of rotatable bonds is 2. The molecule has 0 saturated carbocycles. The molecule has 3 nitrogen and oxygen atoms in total. The normalized spacial score (nSPS) is 19.5. The first-order chi connectivity index (χ1) is 10.4. The predicted molar refractivity (Wildman–Crippen MR) is 87.3 cm³/mol. The fourth-order valence-electron chi connectivity index (χ4n) is 3.41. The van der Waals surface area contributed by atoms with E-state index in [1.54, 1.807) is 12.1 Å². The molecular weight excluding hydrogens is 274 g/mol.